The highest BCUT2D eigenvalue weighted by molar-refractivity contribution is 7.89. The third-order valence-corrected chi connectivity index (χ3v) is 4.19. The molecule has 150 valence electrons. The van der Waals surface area contributed by atoms with Gasteiger partial charge in [-0.05, 0) is 29.8 Å². The van der Waals surface area contributed by atoms with E-state index in [1.807, 2.05) is 0 Å². The van der Waals surface area contributed by atoms with Crippen LogP contribution in [0.25, 0.3) is 0 Å². The van der Waals surface area contributed by atoms with Crippen LogP contribution in [0.1, 0.15) is 15.9 Å². The second-order valence-electron chi connectivity index (χ2n) is 5.77. The van der Waals surface area contributed by atoms with Gasteiger partial charge < -0.3 is 14.8 Å². The van der Waals surface area contributed by atoms with Gasteiger partial charge in [-0.3, -0.25) is 4.79 Å². The number of esters is 1. The van der Waals surface area contributed by atoms with Gasteiger partial charge in [-0.2, -0.15) is 8.78 Å². The van der Waals surface area contributed by atoms with Crippen molar-refractivity contribution in [2.24, 2.45) is 0 Å². The molecule has 1 N–H and O–H groups in total. The van der Waals surface area contributed by atoms with E-state index >= 15 is 0 Å². The maximum atomic E-state index is 12.4. The molecule has 0 saturated heterocycles. The molecule has 2 rings (SSSR count). The minimum atomic E-state index is -3.20. The molecule has 28 heavy (non-hydrogen) atoms. The molecule has 0 radical (unpaired) electrons. The zero-order chi connectivity index (χ0) is 20.7. The minimum Gasteiger partial charge on any atom is -0.452 e. The van der Waals surface area contributed by atoms with E-state index in [-0.39, 0.29) is 22.8 Å². The van der Waals surface area contributed by atoms with Gasteiger partial charge in [-0.1, -0.05) is 24.3 Å². The first kappa shape index (κ1) is 21.3. The van der Waals surface area contributed by atoms with Crippen molar-refractivity contribution in [2.45, 2.75) is 12.4 Å². The molecule has 0 aromatic heterocycles. The molecule has 0 fully saturated rings. The number of alkyl halides is 2. The van der Waals surface area contributed by atoms with Gasteiger partial charge in [0.15, 0.2) is 16.4 Å². The van der Waals surface area contributed by atoms with Crippen molar-refractivity contribution in [3.8, 4) is 5.75 Å². The number of carbonyl (C=O) groups is 2. The summed E-state index contributed by atoms with van der Waals surface area (Å²) in [6.07, 6.45) is 1.10. The molecule has 10 heteroatoms. The second kappa shape index (κ2) is 9.27. The summed E-state index contributed by atoms with van der Waals surface area (Å²) >= 11 is 0. The summed E-state index contributed by atoms with van der Waals surface area (Å²) in [5.41, 5.74) is 0.646. The molecular weight excluding hydrogens is 396 g/mol. The molecule has 0 aliphatic heterocycles. The number of carbonyl (C=O) groups excluding carboxylic acids is 2. The Hall–Kier alpha value is -3.01. The van der Waals surface area contributed by atoms with Crippen LogP contribution >= 0.6 is 0 Å². The van der Waals surface area contributed by atoms with Crippen molar-refractivity contribution < 1.29 is 36.3 Å². The van der Waals surface area contributed by atoms with E-state index in [9.17, 15) is 26.8 Å². The number of amides is 1. The predicted octanol–water partition coefficient (Wildman–Crippen LogP) is 2.63. The molecule has 0 unspecified atom stereocenters. The van der Waals surface area contributed by atoms with Crippen molar-refractivity contribution in [1.29, 1.82) is 0 Å². The zero-order valence-electron chi connectivity index (χ0n) is 14.7. The number of hydrogen-bond acceptors (Lipinski definition) is 6. The van der Waals surface area contributed by atoms with Gasteiger partial charge in [0.25, 0.3) is 5.91 Å². The molecule has 0 saturated carbocycles. The maximum Gasteiger partial charge on any atom is 0.387 e. The van der Waals surface area contributed by atoms with Crippen molar-refractivity contribution in [1.82, 2.24) is 0 Å². The molecule has 0 aliphatic rings. The van der Waals surface area contributed by atoms with Crippen LogP contribution in [0, 0.1) is 0 Å². The third kappa shape index (κ3) is 6.95. The van der Waals surface area contributed by atoms with Gasteiger partial charge in [0.2, 0.25) is 0 Å². The summed E-state index contributed by atoms with van der Waals surface area (Å²) in [5.74, 6) is -1.92. The number of rotatable bonds is 8. The Bertz CT molecular complexity index is 945. The highest BCUT2D eigenvalue weighted by Crippen LogP contribution is 2.25. The third-order valence-electron chi connectivity index (χ3n) is 3.33. The fourth-order valence-corrected chi connectivity index (χ4v) is 3.01. The number of anilines is 1. The summed E-state index contributed by atoms with van der Waals surface area (Å²) in [7, 11) is -3.20. The van der Waals surface area contributed by atoms with Crippen LogP contribution in [-0.4, -0.2) is 39.8 Å². The number of para-hydroxylation sites is 2. The van der Waals surface area contributed by atoms with E-state index in [1.54, 1.807) is 0 Å². The highest BCUT2D eigenvalue weighted by atomic mass is 32.2. The van der Waals surface area contributed by atoms with E-state index in [0.717, 1.165) is 6.26 Å². The zero-order valence-corrected chi connectivity index (χ0v) is 15.5. The summed E-state index contributed by atoms with van der Waals surface area (Å²) in [5, 5.41) is 2.32. The van der Waals surface area contributed by atoms with Gasteiger partial charge in [0.1, 0.15) is 5.75 Å². The van der Waals surface area contributed by atoms with Crippen molar-refractivity contribution in [3.05, 3.63) is 59.7 Å². The number of benzene rings is 2. The molecule has 7 nitrogen and oxygen atoms in total. The van der Waals surface area contributed by atoms with Crippen LogP contribution in [0.5, 0.6) is 5.75 Å². The Morgan fingerprint density at radius 1 is 1.07 bits per heavy atom. The van der Waals surface area contributed by atoms with E-state index in [1.165, 1.54) is 48.5 Å². The van der Waals surface area contributed by atoms with Gasteiger partial charge in [0.05, 0.1) is 17.0 Å². The minimum absolute atomic E-state index is 0.00831. The quantitative estimate of drug-likeness (QED) is 0.668. The SMILES string of the molecule is CS(=O)(=O)Cc1ccc(C(=O)OCC(=O)Nc2ccccc2OC(F)F)cc1. The molecular formula is C18H17F2NO6S. The highest BCUT2D eigenvalue weighted by Gasteiger charge is 2.14. The van der Waals surface area contributed by atoms with E-state index in [0.29, 0.717) is 5.56 Å². The number of nitrogens with one attached hydrogen (secondary N) is 1. The largest absolute Gasteiger partial charge is 0.452 e. The normalized spacial score (nSPS) is 11.1. The van der Waals surface area contributed by atoms with Crippen LogP contribution in [0.4, 0.5) is 14.5 Å². The monoisotopic (exact) mass is 413 g/mol. The topological polar surface area (TPSA) is 98.8 Å². The lowest BCUT2D eigenvalue weighted by atomic mass is 10.1. The molecule has 0 bridgehead atoms. The predicted molar refractivity (Wildman–Crippen MR) is 97.0 cm³/mol. The average molecular weight is 413 g/mol. The average Bonchev–Trinajstić information content (AvgIpc) is 2.60. The second-order valence-corrected chi connectivity index (χ2v) is 7.91. The van der Waals surface area contributed by atoms with Gasteiger partial charge in [-0.15, -0.1) is 0 Å². The summed E-state index contributed by atoms with van der Waals surface area (Å²) < 4.78 is 56.4. The van der Waals surface area contributed by atoms with Crippen molar-refractivity contribution >= 4 is 27.4 Å². The fraction of sp³-hybridized carbons (Fsp3) is 0.222. The van der Waals surface area contributed by atoms with Gasteiger partial charge >= 0.3 is 12.6 Å². The van der Waals surface area contributed by atoms with Crippen LogP contribution < -0.4 is 10.1 Å². The molecule has 2 aromatic carbocycles. The lowest BCUT2D eigenvalue weighted by Crippen LogP contribution is -2.21. The Morgan fingerprint density at radius 2 is 1.71 bits per heavy atom. The summed E-state index contributed by atoms with van der Waals surface area (Å²) in [6, 6.07) is 11.3. The van der Waals surface area contributed by atoms with Crippen LogP contribution in [0.15, 0.2) is 48.5 Å². The number of ether oxygens (including phenoxy) is 2. The first-order chi connectivity index (χ1) is 13.1. The van der Waals surface area contributed by atoms with Crippen LogP contribution in [0.2, 0.25) is 0 Å². The van der Waals surface area contributed by atoms with Gasteiger partial charge in [-0.25, -0.2) is 13.2 Å². The Balaban J connectivity index is 1.91. The Labute approximate surface area is 160 Å². The molecule has 0 heterocycles. The molecule has 2 aromatic rings. The molecule has 1 amide bonds. The first-order valence-corrected chi connectivity index (χ1v) is 9.97. The number of halogens is 2. The first-order valence-electron chi connectivity index (χ1n) is 7.91. The fourth-order valence-electron chi connectivity index (χ4n) is 2.21. The van der Waals surface area contributed by atoms with E-state index in [4.69, 9.17) is 4.74 Å². The van der Waals surface area contributed by atoms with E-state index in [2.05, 4.69) is 10.1 Å². The lowest BCUT2D eigenvalue weighted by Gasteiger charge is -2.11. The molecule has 0 atom stereocenters. The Kier molecular flexibility index (Phi) is 7.05. The summed E-state index contributed by atoms with van der Waals surface area (Å²) in [6.45, 7) is -3.70. The Morgan fingerprint density at radius 3 is 2.32 bits per heavy atom. The molecule has 0 spiro atoms. The van der Waals surface area contributed by atoms with Crippen molar-refractivity contribution in [3.63, 3.8) is 0 Å². The smallest absolute Gasteiger partial charge is 0.387 e. The maximum absolute atomic E-state index is 12.4. The standard InChI is InChI=1S/C18H17F2NO6S/c1-28(24,25)11-12-6-8-13(9-7-12)17(23)26-10-16(22)21-14-4-2-3-5-15(14)27-18(19)20/h2-9,18H,10-11H2,1H3,(H,21,22). The van der Waals surface area contributed by atoms with Crippen LogP contribution in [0.3, 0.4) is 0 Å². The molecule has 0 aliphatic carbocycles. The van der Waals surface area contributed by atoms with E-state index < -0.39 is 34.9 Å². The number of hydrogen-bond donors (Lipinski definition) is 1. The van der Waals surface area contributed by atoms with Gasteiger partial charge in [0, 0.05) is 6.26 Å². The summed E-state index contributed by atoms with van der Waals surface area (Å²) in [4.78, 5) is 23.9. The lowest BCUT2D eigenvalue weighted by molar-refractivity contribution is -0.119. The van der Waals surface area contributed by atoms with Crippen LogP contribution in [-0.2, 0) is 25.1 Å². The van der Waals surface area contributed by atoms with Crippen molar-refractivity contribution in [2.75, 3.05) is 18.2 Å². The number of sulfone groups is 1.